The Balaban J connectivity index is 0.000000271. The number of nitrogens with zero attached hydrogens (tertiary/aromatic N) is 4. The summed E-state index contributed by atoms with van der Waals surface area (Å²) in [5.74, 6) is 3.80. The summed E-state index contributed by atoms with van der Waals surface area (Å²) in [5, 5.41) is 29.6. The number of halogens is 1. The first kappa shape index (κ1) is 66.2. The fourth-order valence-corrected chi connectivity index (χ4v) is 12.9. The van der Waals surface area contributed by atoms with E-state index in [0.717, 1.165) is 42.1 Å². The van der Waals surface area contributed by atoms with E-state index in [4.69, 9.17) is 43.4 Å². The molecule has 5 atom stereocenters. The van der Waals surface area contributed by atoms with Gasteiger partial charge in [-0.05, 0) is 86.0 Å². The van der Waals surface area contributed by atoms with Crippen molar-refractivity contribution in [2.75, 3.05) is 65.3 Å². The number of carbonyl (C=O) groups excluding carboxylic acids is 4. The molecule has 21 nitrogen and oxygen atoms in total. The molecule has 454 valence electrons. The zero-order valence-electron chi connectivity index (χ0n) is 47.7. The maximum absolute atomic E-state index is 13.9. The van der Waals surface area contributed by atoms with Crippen molar-refractivity contribution >= 4 is 55.3 Å². The SMILES string of the molecule is C#CCCC(=O)N(NC(=O)CN1CCCC1)[C@@H](Cc1ccccc1)[C@H](O)CN(CC(C)C)S(=O)(=O)c1ccc2c(c1)OCO2.C#CC[C@H](NC(=O)CCl)C(=O)N[C@@H](Cc1ccccc1)[C@H](O)CN(CC(C)C)S(=O)(=O)c1ccc2c(c1)OCO2. The Hall–Kier alpha value is -6.93. The van der Waals surface area contributed by atoms with E-state index in [9.17, 15) is 46.2 Å². The molecular weight excluding hydrogens is 1140 g/mol. The number of nitrogens with one attached hydrogen (secondary N) is 3. The highest BCUT2D eigenvalue weighted by Crippen LogP contribution is 2.36. The number of rotatable bonds is 28. The Morgan fingerprint density at radius 2 is 1.15 bits per heavy atom. The number of ether oxygens (including phenoxy) is 4. The molecule has 7 rings (SSSR count). The second kappa shape index (κ2) is 31.8. The number of aliphatic hydroxyl groups excluding tert-OH is 2. The molecule has 0 radical (unpaired) electrons. The predicted molar refractivity (Wildman–Crippen MR) is 315 cm³/mol. The molecule has 0 spiro atoms. The lowest BCUT2D eigenvalue weighted by Crippen LogP contribution is -2.60. The van der Waals surface area contributed by atoms with Crippen LogP contribution in [0.1, 0.15) is 70.9 Å². The van der Waals surface area contributed by atoms with Crippen molar-refractivity contribution in [3.05, 3.63) is 108 Å². The largest absolute Gasteiger partial charge is 0.454 e. The lowest BCUT2D eigenvalue weighted by atomic mass is 9.99. The van der Waals surface area contributed by atoms with Crippen LogP contribution in [0.15, 0.2) is 107 Å². The van der Waals surface area contributed by atoms with Gasteiger partial charge >= 0.3 is 0 Å². The van der Waals surface area contributed by atoms with Crippen molar-refractivity contribution in [1.29, 1.82) is 0 Å². The smallest absolute Gasteiger partial charge is 0.252 e. The molecule has 1 fully saturated rings. The highest BCUT2D eigenvalue weighted by Gasteiger charge is 2.38. The second-order valence-electron chi connectivity index (χ2n) is 21.3. The van der Waals surface area contributed by atoms with Crippen LogP contribution in [0.25, 0.3) is 0 Å². The van der Waals surface area contributed by atoms with Crippen LogP contribution in [0.4, 0.5) is 0 Å². The number of terminal acetylenes is 2. The highest BCUT2D eigenvalue weighted by atomic mass is 35.5. The molecule has 4 aromatic rings. The summed E-state index contributed by atoms with van der Waals surface area (Å²) in [5.41, 5.74) is 4.35. The number of likely N-dealkylation sites (tertiary alicyclic amines) is 1. The number of benzene rings is 4. The van der Waals surface area contributed by atoms with Crippen molar-refractivity contribution in [2.24, 2.45) is 11.8 Å². The fourth-order valence-electron chi connectivity index (χ4n) is 9.59. The summed E-state index contributed by atoms with van der Waals surface area (Å²) in [6, 6.07) is 24.1. The molecule has 4 aromatic carbocycles. The van der Waals surface area contributed by atoms with Gasteiger partial charge < -0.3 is 39.8 Å². The third kappa shape index (κ3) is 19.0. The number of carbonyl (C=O) groups is 4. The van der Waals surface area contributed by atoms with E-state index >= 15 is 0 Å². The van der Waals surface area contributed by atoms with Gasteiger partial charge in [-0.1, -0.05) is 88.4 Å². The van der Waals surface area contributed by atoms with Gasteiger partial charge in [-0.3, -0.25) is 29.5 Å². The number of hydrogen-bond acceptors (Lipinski definition) is 15. The zero-order valence-corrected chi connectivity index (χ0v) is 50.1. The molecule has 1 saturated heterocycles. The van der Waals surface area contributed by atoms with E-state index in [1.54, 1.807) is 6.07 Å². The number of alkyl halides is 1. The number of sulfonamides is 2. The number of hydrazine groups is 1. The standard InChI is InChI=1S/C32H42N4O7S.C28H34ClN3O7S/c1-4-5-13-32(39)36(33-31(38)22-34-16-9-10-17-34)27(18-25-11-7-6-8-12-25)28(37)21-35(20-24(2)3)44(40,41)26-14-15-29-30(19-26)43-23-42-29;1-4-8-22(30-27(34)15-29)28(35)31-23(13-20-9-6-5-7-10-20)24(33)17-32(16-19(2)3)40(36,37)21-11-12-25-26(14-21)39-18-38-25/h1,6-8,11-12,14-15,19,24,27-28,37H,5,9-10,13,16-18,20-23H2,2-3H3,(H,33,38);1,5-7,9-12,14,19,22-24,33H,8,13,15-18H2,2-3H3,(H,30,34)(H,31,35)/t27-,28+;22-,23-,24+/m00/s1. The minimum absolute atomic E-state index is 0.000137. The third-order valence-electron chi connectivity index (χ3n) is 13.7. The molecule has 0 aliphatic carbocycles. The summed E-state index contributed by atoms with van der Waals surface area (Å²) in [6.45, 7) is 8.76. The molecule has 0 bridgehead atoms. The van der Waals surface area contributed by atoms with Crippen LogP contribution in [0.5, 0.6) is 23.0 Å². The van der Waals surface area contributed by atoms with E-state index in [1.807, 2.05) is 93.3 Å². The number of amides is 4. The highest BCUT2D eigenvalue weighted by molar-refractivity contribution is 7.89. The van der Waals surface area contributed by atoms with Gasteiger partial charge in [0.05, 0.1) is 40.6 Å². The van der Waals surface area contributed by atoms with Crippen LogP contribution in [-0.2, 0) is 52.1 Å². The minimum atomic E-state index is -4.10. The van der Waals surface area contributed by atoms with Crippen molar-refractivity contribution in [1.82, 2.24) is 34.6 Å². The molecule has 5 N–H and O–H groups in total. The molecular formula is C60H76ClN7O14S2. The van der Waals surface area contributed by atoms with Gasteiger partial charge in [0.1, 0.15) is 11.9 Å². The molecule has 4 amide bonds. The average Bonchev–Trinajstić information content (AvgIpc) is 3.66. The maximum Gasteiger partial charge on any atom is 0.252 e. The monoisotopic (exact) mass is 1220 g/mol. The summed E-state index contributed by atoms with van der Waals surface area (Å²) in [6.07, 6.45) is 10.5. The molecule has 0 unspecified atom stereocenters. The van der Waals surface area contributed by atoms with Gasteiger partial charge in [0, 0.05) is 57.6 Å². The van der Waals surface area contributed by atoms with Crippen LogP contribution >= 0.6 is 11.6 Å². The van der Waals surface area contributed by atoms with Crippen LogP contribution < -0.4 is 35.0 Å². The summed E-state index contributed by atoms with van der Waals surface area (Å²) in [7, 11) is -8.17. The average molecular weight is 1220 g/mol. The molecule has 3 heterocycles. The molecule has 3 aliphatic rings. The van der Waals surface area contributed by atoms with Crippen molar-refractivity contribution < 1.29 is 65.2 Å². The number of hydrogen-bond donors (Lipinski definition) is 5. The van der Waals surface area contributed by atoms with E-state index in [1.165, 1.54) is 38.9 Å². The lowest BCUT2D eigenvalue weighted by Gasteiger charge is -2.37. The van der Waals surface area contributed by atoms with Crippen LogP contribution in [0.3, 0.4) is 0 Å². The Labute approximate surface area is 498 Å². The number of aliphatic hydroxyl groups is 2. The van der Waals surface area contributed by atoms with Gasteiger partial charge in [0.2, 0.25) is 51.4 Å². The van der Waals surface area contributed by atoms with Gasteiger partial charge in [-0.25, -0.2) is 21.8 Å². The van der Waals surface area contributed by atoms with E-state index in [0.29, 0.717) is 23.0 Å². The third-order valence-corrected chi connectivity index (χ3v) is 17.6. The summed E-state index contributed by atoms with van der Waals surface area (Å²) >= 11 is 5.57. The lowest BCUT2D eigenvalue weighted by molar-refractivity contribution is -0.148. The molecule has 0 aromatic heterocycles. The zero-order chi connectivity index (χ0) is 61.0. The molecule has 0 saturated carbocycles. The van der Waals surface area contributed by atoms with Gasteiger partial charge in [0.15, 0.2) is 23.0 Å². The maximum atomic E-state index is 13.9. The molecule has 24 heteroatoms. The first-order valence-corrected chi connectivity index (χ1v) is 31.1. The van der Waals surface area contributed by atoms with Gasteiger partial charge in [0.25, 0.3) is 5.91 Å². The Morgan fingerprint density at radius 3 is 1.64 bits per heavy atom. The first-order chi connectivity index (χ1) is 40.1. The predicted octanol–water partition coefficient (Wildman–Crippen LogP) is 4.30. The normalized spacial score (nSPS) is 15.5. The minimum Gasteiger partial charge on any atom is -0.454 e. The molecule has 3 aliphatic heterocycles. The van der Waals surface area contributed by atoms with Crippen LogP contribution in [0, 0.1) is 36.5 Å². The van der Waals surface area contributed by atoms with Crippen molar-refractivity contribution in [2.45, 2.75) is 113 Å². The summed E-state index contributed by atoms with van der Waals surface area (Å²) < 4.78 is 79.1. The van der Waals surface area contributed by atoms with Gasteiger partial charge in [-0.2, -0.15) is 8.61 Å². The first-order valence-electron chi connectivity index (χ1n) is 27.7. The van der Waals surface area contributed by atoms with Crippen LogP contribution in [0.2, 0.25) is 0 Å². The van der Waals surface area contributed by atoms with Gasteiger partial charge in [-0.15, -0.1) is 36.3 Å². The Bertz CT molecular complexity index is 3160. The van der Waals surface area contributed by atoms with E-state index in [2.05, 4.69) is 27.9 Å². The van der Waals surface area contributed by atoms with E-state index < -0.39 is 74.0 Å². The fraction of sp³-hybridized carbons (Fsp3) is 0.467. The second-order valence-corrected chi connectivity index (χ2v) is 25.4. The van der Waals surface area contributed by atoms with Crippen LogP contribution in [-0.4, -0.2) is 165 Å². The van der Waals surface area contributed by atoms with E-state index in [-0.39, 0.29) is 106 Å². The molecule has 84 heavy (non-hydrogen) atoms. The van der Waals surface area contributed by atoms with Crippen molar-refractivity contribution in [3.8, 4) is 47.7 Å². The Morgan fingerprint density at radius 1 is 0.655 bits per heavy atom. The number of fused-ring (bicyclic) bond motifs is 2. The Kier molecular flexibility index (Phi) is 25.1. The van der Waals surface area contributed by atoms with Crippen molar-refractivity contribution in [3.63, 3.8) is 0 Å². The quantitative estimate of drug-likeness (QED) is 0.0302. The summed E-state index contributed by atoms with van der Waals surface area (Å²) in [4.78, 5) is 53.7. The topological polar surface area (TPSA) is 263 Å².